The summed E-state index contributed by atoms with van der Waals surface area (Å²) in [5.74, 6) is 0.717. The van der Waals surface area contributed by atoms with Crippen molar-refractivity contribution in [2.75, 3.05) is 25.4 Å². The van der Waals surface area contributed by atoms with Gasteiger partial charge in [-0.3, -0.25) is 4.79 Å². The normalized spacial score (nSPS) is 17.1. The maximum atomic E-state index is 12.6. The molecule has 1 saturated heterocycles. The molecule has 1 aromatic carbocycles. The number of rotatable bonds is 5. The molecule has 0 aliphatic carbocycles. The third-order valence-electron chi connectivity index (χ3n) is 4.35. The zero-order valence-electron chi connectivity index (χ0n) is 15.7. The number of sulfonamides is 1. The topological polar surface area (TPSA) is 105 Å². The number of carbonyl (C=O) groups excluding carboxylic acids is 1. The summed E-state index contributed by atoms with van der Waals surface area (Å²) in [6.07, 6.45) is 0.631. The predicted octanol–water partition coefficient (Wildman–Crippen LogP) is 1.80. The van der Waals surface area contributed by atoms with Crippen molar-refractivity contribution >= 4 is 15.9 Å². The standard InChI is InChI=1S/C18H24N4O4S/c1-18(2,3)17-20-16(26-21-17)14-8-5-4-7-13(14)15(23)19-9-11-22-10-6-12-27(22,24)25/h4-5,7-8H,6,9-12H2,1-3H3,(H,19,23). The fraction of sp³-hybridized carbons (Fsp3) is 0.500. The van der Waals surface area contributed by atoms with Crippen LogP contribution in [0.25, 0.3) is 11.5 Å². The molecular weight excluding hydrogens is 368 g/mol. The highest BCUT2D eigenvalue weighted by atomic mass is 32.2. The van der Waals surface area contributed by atoms with E-state index in [-0.39, 0.29) is 36.1 Å². The Labute approximate surface area is 159 Å². The Morgan fingerprint density at radius 3 is 2.67 bits per heavy atom. The van der Waals surface area contributed by atoms with Gasteiger partial charge < -0.3 is 9.84 Å². The highest BCUT2D eigenvalue weighted by molar-refractivity contribution is 7.89. The van der Waals surface area contributed by atoms with E-state index < -0.39 is 10.0 Å². The van der Waals surface area contributed by atoms with Gasteiger partial charge in [0.05, 0.1) is 16.9 Å². The van der Waals surface area contributed by atoms with Gasteiger partial charge >= 0.3 is 0 Å². The van der Waals surface area contributed by atoms with Crippen LogP contribution in [-0.4, -0.2) is 54.2 Å². The minimum Gasteiger partial charge on any atom is -0.351 e. The minimum absolute atomic E-state index is 0.178. The summed E-state index contributed by atoms with van der Waals surface area (Å²) in [7, 11) is -3.16. The van der Waals surface area contributed by atoms with Crippen LogP contribution in [0.15, 0.2) is 28.8 Å². The lowest BCUT2D eigenvalue weighted by Crippen LogP contribution is -2.36. The lowest BCUT2D eigenvalue weighted by Gasteiger charge is -2.15. The van der Waals surface area contributed by atoms with Crippen LogP contribution in [0.1, 0.15) is 43.4 Å². The minimum atomic E-state index is -3.16. The molecule has 1 amide bonds. The first-order valence-electron chi connectivity index (χ1n) is 8.88. The smallest absolute Gasteiger partial charge is 0.258 e. The number of nitrogens with zero attached hydrogens (tertiary/aromatic N) is 3. The molecule has 2 aromatic rings. The molecule has 0 radical (unpaired) electrons. The molecule has 8 nitrogen and oxygen atoms in total. The zero-order chi connectivity index (χ0) is 19.7. The molecule has 1 aromatic heterocycles. The van der Waals surface area contributed by atoms with Crippen molar-refractivity contribution in [3.8, 4) is 11.5 Å². The third kappa shape index (κ3) is 4.36. The van der Waals surface area contributed by atoms with Crippen LogP contribution >= 0.6 is 0 Å². The van der Waals surface area contributed by atoms with E-state index in [9.17, 15) is 13.2 Å². The summed E-state index contributed by atoms with van der Waals surface area (Å²) < 4.78 is 30.4. The van der Waals surface area contributed by atoms with Crippen LogP contribution in [0.2, 0.25) is 0 Å². The summed E-state index contributed by atoms with van der Waals surface area (Å²) in [4.78, 5) is 17.0. The van der Waals surface area contributed by atoms with Crippen molar-refractivity contribution in [2.45, 2.75) is 32.6 Å². The van der Waals surface area contributed by atoms with Gasteiger partial charge in [-0.15, -0.1) is 0 Å². The first-order chi connectivity index (χ1) is 12.7. The van der Waals surface area contributed by atoms with E-state index in [1.807, 2.05) is 20.8 Å². The molecule has 3 rings (SSSR count). The van der Waals surface area contributed by atoms with Gasteiger partial charge in [0.15, 0.2) is 5.82 Å². The van der Waals surface area contributed by atoms with E-state index in [0.717, 1.165) is 0 Å². The number of aromatic nitrogens is 2. The van der Waals surface area contributed by atoms with E-state index in [4.69, 9.17) is 4.52 Å². The van der Waals surface area contributed by atoms with Gasteiger partial charge in [-0.1, -0.05) is 38.1 Å². The SMILES string of the molecule is CC(C)(C)c1noc(-c2ccccc2C(=O)NCCN2CCCS2(=O)=O)n1. The first kappa shape index (κ1) is 19.5. The number of carbonyl (C=O) groups is 1. The lowest BCUT2D eigenvalue weighted by molar-refractivity contribution is 0.0952. The molecule has 1 N–H and O–H groups in total. The quantitative estimate of drug-likeness (QED) is 0.832. The predicted molar refractivity (Wildman–Crippen MR) is 101 cm³/mol. The molecule has 0 unspecified atom stereocenters. The molecule has 9 heteroatoms. The number of amides is 1. The van der Waals surface area contributed by atoms with Crippen LogP contribution in [0.5, 0.6) is 0 Å². The van der Waals surface area contributed by atoms with Gasteiger partial charge in [-0.05, 0) is 18.6 Å². The van der Waals surface area contributed by atoms with Gasteiger partial charge in [0.2, 0.25) is 10.0 Å². The zero-order valence-corrected chi connectivity index (χ0v) is 16.5. The molecule has 0 spiro atoms. The van der Waals surface area contributed by atoms with Crippen molar-refractivity contribution < 1.29 is 17.7 Å². The Kier molecular flexibility index (Phi) is 5.34. The first-order valence-corrected chi connectivity index (χ1v) is 10.5. The molecular formula is C18H24N4O4S. The number of benzene rings is 1. The highest BCUT2D eigenvalue weighted by Crippen LogP contribution is 2.26. The molecule has 0 atom stereocenters. The summed E-state index contributed by atoms with van der Waals surface area (Å²) in [5.41, 5.74) is 0.692. The van der Waals surface area contributed by atoms with Gasteiger partial charge in [0.25, 0.3) is 11.8 Å². The van der Waals surface area contributed by atoms with E-state index >= 15 is 0 Å². The second kappa shape index (κ2) is 7.40. The fourth-order valence-electron chi connectivity index (χ4n) is 2.84. The monoisotopic (exact) mass is 392 g/mol. The van der Waals surface area contributed by atoms with E-state index in [1.54, 1.807) is 24.3 Å². The Balaban J connectivity index is 1.72. The molecule has 1 aliphatic rings. The van der Waals surface area contributed by atoms with Crippen molar-refractivity contribution in [3.05, 3.63) is 35.7 Å². The van der Waals surface area contributed by atoms with Gasteiger partial charge in [0, 0.05) is 25.0 Å². The van der Waals surface area contributed by atoms with Crippen molar-refractivity contribution in [3.63, 3.8) is 0 Å². The largest absolute Gasteiger partial charge is 0.351 e. The van der Waals surface area contributed by atoms with Crippen LogP contribution in [0.3, 0.4) is 0 Å². The maximum absolute atomic E-state index is 12.6. The highest BCUT2D eigenvalue weighted by Gasteiger charge is 2.28. The number of hydrogen-bond acceptors (Lipinski definition) is 6. The van der Waals surface area contributed by atoms with Crippen LogP contribution in [0.4, 0.5) is 0 Å². The van der Waals surface area contributed by atoms with Crippen LogP contribution in [0, 0.1) is 0 Å². The van der Waals surface area contributed by atoms with Gasteiger partial charge in [-0.25, -0.2) is 12.7 Å². The van der Waals surface area contributed by atoms with Gasteiger partial charge in [-0.2, -0.15) is 4.98 Å². The third-order valence-corrected chi connectivity index (χ3v) is 6.31. The molecule has 1 fully saturated rings. The average molecular weight is 392 g/mol. The van der Waals surface area contributed by atoms with Crippen molar-refractivity contribution in [1.82, 2.24) is 19.8 Å². The van der Waals surface area contributed by atoms with Crippen LogP contribution in [-0.2, 0) is 15.4 Å². The number of nitrogens with one attached hydrogen (secondary N) is 1. The maximum Gasteiger partial charge on any atom is 0.258 e. The number of hydrogen-bond donors (Lipinski definition) is 1. The molecule has 0 bridgehead atoms. The summed E-state index contributed by atoms with van der Waals surface area (Å²) in [6, 6.07) is 6.98. The van der Waals surface area contributed by atoms with E-state index in [0.29, 0.717) is 29.9 Å². The van der Waals surface area contributed by atoms with Gasteiger partial charge in [0.1, 0.15) is 0 Å². The molecule has 2 heterocycles. The summed E-state index contributed by atoms with van der Waals surface area (Å²) >= 11 is 0. The van der Waals surface area contributed by atoms with Crippen molar-refractivity contribution in [2.24, 2.45) is 0 Å². The molecule has 27 heavy (non-hydrogen) atoms. The molecule has 0 saturated carbocycles. The van der Waals surface area contributed by atoms with Crippen LogP contribution < -0.4 is 5.32 Å². The molecule has 1 aliphatic heterocycles. The van der Waals surface area contributed by atoms with E-state index in [1.165, 1.54) is 4.31 Å². The second-order valence-electron chi connectivity index (χ2n) is 7.54. The van der Waals surface area contributed by atoms with Crippen molar-refractivity contribution in [1.29, 1.82) is 0 Å². The summed E-state index contributed by atoms with van der Waals surface area (Å²) in [6.45, 7) is 6.95. The second-order valence-corrected chi connectivity index (χ2v) is 9.63. The molecule has 146 valence electrons. The Morgan fingerprint density at radius 2 is 2.04 bits per heavy atom. The lowest BCUT2D eigenvalue weighted by atomic mass is 9.96. The fourth-order valence-corrected chi connectivity index (χ4v) is 4.37. The average Bonchev–Trinajstić information content (AvgIpc) is 3.21. The Hall–Kier alpha value is -2.26. The van der Waals surface area contributed by atoms with E-state index in [2.05, 4.69) is 15.5 Å². The summed E-state index contributed by atoms with van der Waals surface area (Å²) in [5, 5.41) is 6.78. The Morgan fingerprint density at radius 1 is 1.30 bits per heavy atom. The Bertz CT molecular complexity index is 931.